The Morgan fingerprint density at radius 2 is 1.46 bits per heavy atom. The summed E-state index contributed by atoms with van der Waals surface area (Å²) in [5.74, 6) is -0.833. The molecule has 0 fully saturated rings. The van der Waals surface area contributed by atoms with Crippen LogP contribution in [0, 0.1) is 30.3 Å². The molecule has 0 aliphatic carbocycles. The Labute approximate surface area is 158 Å². The number of nitro benzene ring substituents is 3. The predicted molar refractivity (Wildman–Crippen MR) is 95.9 cm³/mol. The van der Waals surface area contributed by atoms with Crippen LogP contribution in [0.3, 0.4) is 0 Å². The molecule has 0 amide bonds. The fourth-order valence-corrected chi connectivity index (χ4v) is 3.11. The molecule has 2 aromatic rings. The van der Waals surface area contributed by atoms with Gasteiger partial charge in [-0.1, -0.05) is 19.1 Å². The fourth-order valence-electron chi connectivity index (χ4n) is 3.11. The number of nitrogens with zero attached hydrogens (tertiary/aromatic N) is 3. The third-order valence-corrected chi connectivity index (χ3v) is 4.48. The summed E-state index contributed by atoms with van der Waals surface area (Å²) in [6, 6.07) is 7.92. The van der Waals surface area contributed by atoms with Crippen molar-refractivity contribution in [1.82, 2.24) is 0 Å². The molecule has 0 heterocycles. The Morgan fingerprint density at radius 3 is 1.89 bits per heavy atom. The molecular formula is C17H15N3O8. The Morgan fingerprint density at radius 1 is 0.929 bits per heavy atom. The average molecular weight is 389 g/mol. The van der Waals surface area contributed by atoms with Crippen LogP contribution in [-0.2, 0) is 14.9 Å². The van der Waals surface area contributed by atoms with Crippen molar-refractivity contribution in [2.75, 3.05) is 7.11 Å². The second kappa shape index (κ2) is 7.78. The molecule has 146 valence electrons. The molecule has 0 spiro atoms. The average Bonchev–Trinajstić information content (AvgIpc) is 2.68. The van der Waals surface area contributed by atoms with Crippen molar-refractivity contribution in [2.45, 2.75) is 18.8 Å². The van der Waals surface area contributed by atoms with E-state index in [1.165, 1.54) is 24.3 Å². The van der Waals surface area contributed by atoms with Gasteiger partial charge in [-0.15, -0.1) is 0 Å². The molecular weight excluding hydrogens is 374 g/mol. The van der Waals surface area contributed by atoms with E-state index in [0.717, 1.165) is 25.3 Å². The number of rotatable bonds is 7. The number of carbonyl (C=O) groups excluding carboxylic acids is 1. The van der Waals surface area contributed by atoms with Crippen LogP contribution in [0.5, 0.6) is 0 Å². The summed E-state index contributed by atoms with van der Waals surface area (Å²) in [6.07, 6.45) is 0.0101. The summed E-state index contributed by atoms with van der Waals surface area (Å²) in [5, 5.41) is 33.5. The molecule has 0 aliphatic heterocycles. The van der Waals surface area contributed by atoms with Gasteiger partial charge in [-0.25, -0.2) is 0 Å². The molecule has 0 bridgehead atoms. The van der Waals surface area contributed by atoms with E-state index in [-0.39, 0.29) is 23.2 Å². The van der Waals surface area contributed by atoms with Crippen molar-refractivity contribution >= 4 is 23.0 Å². The zero-order valence-electron chi connectivity index (χ0n) is 14.9. The second-order valence-corrected chi connectivity index (χ2v) is 5.77. The van der Waals surface area contributed by atoms with Gasteiger partial charge >= 0.3 is 5.97 Å². The van der Waals surface area contributed by atoms with E-state index < -0.39 is 37.5 Å². The zero-order valence-corrected chi connectivity index (χ0v) is 14.9. The van der Waals surface area contributed by atoms with Crippen molar-refractivity contribution in [3.63, 3.8) is 0 Å². The van der Waals surface area contributed by atoms with Crippen LogP contribution < -0.4 is 0 Å². The quantitative estimate of drug-likeness (QED) is 0.397. The number of hydrogen-bond donors (Lipinski definition) is 0. The van der Waals surface area contributed by atoms with Gasteiger partial charge in [-0.3, -0.25) is 35.1 Å². The van der Waals surface area contributed by atoms with Gasteiger partial charge in [0.05, 0.1) is 33.5 Å². The fraction of sp³-hybridized carbons (Fsp3) is 0.235. The summed E-state index contributed by atoms with van der Waals surface area (Å²) in [5.41, 5.74) is -2.91. The largest absolute Gasteiger partial charge is 0.468 e. The number of methoxy groups -OCH3 is 1. The number of benzene rings is 2. The molecule has 0 N–H and O–H groups in total. The maximum atomic E-state index is 12.8. The molecule has 0 radical (unpaired) electrons. The summed E-state index contributed by atoms with van der Waals surface area (Å²) >= 11 is 0. The third kappa shape index (κ3) is 3.37. The first-order chi connectivity index (χ1) is 13.2. The summed E-state index contributed by atoms with van der Waals surface area (Å²) in [4.78, 5) is 44.0. The van der Waals surface area contributed by atoms with Crippen LogP contribution in [0.15, 0.2) is 42.5 Å². The van der Waals surface area contributed by atoms with Gasteiger partial charge in [0.1, 0.15) is 5.41 Å². The van der Waals surface area contributed by atoms with Crippen LogP contribution in [-0.4, -0.2) is 27.8 Å². The molecule has 1 atom stereocenters. The number of esters is 1. The minimum atomic E-state index is -1.68. The Hall–Kier alpha value is -3.89. The lowest BCUT2D eigenvalue weighted by Crippen LogP contribution is -2.38. The molecule has 11 heteroatoms. The van der Waals surface area contributed by atoms with E-state index in [0.29, 0.717) is 0 Å². The molecule has 28 heavy (non-hydrogen) atoms. The lowest BCUT2D eigenvalue weighted by molar-refractivity contribution is -0.394. The van der Waals surface area contributed by atoms with Gasteiger partial charge in [0.2, 0.25) is 0 Å². The van der Waals surface area contributed by atoms with E-state index in [1.54, 1.807) is 6.92 Å². The topological polar surface area (TPSA) is 156 Å². The van der Waals surface area contributed by atoms with Crippen LogP contribution >= 0.6 is 0 Å². The Balaban J connectivity index is 2.84. The maximum absolute atomic E-state index is 12.8. The molecule has 2 aromatic carbocycles. The van der Waals surface area contributed by atoms with Gasteiger partial charge in [-0.2, -0.15) is 0 Å². The van der Waals surface area contributed by atoms with Crippen LogP contribution in [0.4, 0.5) is 17.1 Å². The van der Waals surface area contributed by atoms with Gasteiger partial charge in [0.25, 0.3) is 17.1 Å². The van der Waals surface area contributed by atoms with E-state index in [4.69, 9.17) is 4.74 Å². The van der Waals surface area contributed by atoms with Crippen LogP contribution in [0.1, 0.15) is 24.5 Å². The van der Waals surface area contributed by atoms with Gasteiger partial charge in [-0.05, 0) is 18.1 Å². The Kier molecular flexibility index (Phi) is 5.67. The number of nitro groups is 3. The highest BCUT2D eigenvalue weighted by molar-refractivity contribution is 5.89. The molecule has 1 unspecified atom stereocenters. The normalized spacial score (nSPS) is 12.6. The standard InChI is InChI=1S/C17H15N3O8/c1-3-17(16(21)28-2,11-4-6-12(7-5-11)18(22)23)14-9-8-13(19(24)25)10-15(14)20(26)27/h4-10H,3H2,1-2H3. The van der Waals surface area contributed by atoms with Crippen molar-refractivity contribution in [2.24, 2.45) is 0 Å². The molecule has 2 rings (SSSR count). The smallest absolute Gasteiger partial charge is 0.321 e. The SMILES string of the molecule is CCC(C(=O)OC)(c1ccc([N+](=O)[O-])cc1)c1ccc([N+](=O)[O-])cc1[N+](=O)[O-]. The molecule has 0 saturated heterocycles. The number of ether oxygens (including phenoxy) is 1. The van der Waals surface area contributed by atoms with Crippen molar-refractivity contribution < 1.29 is 24.3 Å². The van der Waals surface area contributed by atoms with E-state index in [2.05, 4.69) is 0 Å². The highest BCUT2D eigenvalue weighted by atomic mass is 16.6. The maximum Gasteiger partial charge on any atom is 0.321 e. The third-order valence-electron chi connectivity index (χ3n) is 4.48. The highest BCUT2D eigenvalue weighted by Gasteiger charge is 2.46. The first-order valence-electron chi connectivity index (χ1n) is 7.95. The van der Waals surface area contributed by atoms with Crippen molar-refractivity contribution in [3.8, 4) is 0 Å². The van der Waals surface area contributed by atoms with Gasteiger partial charge in [0, 0.05) is 18.2 Å². The minimum absolute atomic E-state index is 0.0101. The number of carbonyl (C=O) groups is 1. The predicted octanol–water partition coefficient (Wildman–Crippen LogP) is 3.28. The van der Waals surface area contributed by atoms with E-state index in [1.807, 2.05) is 0 Å². The van der Waals surface area contributed by atoms with Crippen molar-refractivity contribution in [3.05, 3.63) is 83.9 Å². The van der Waals surface area contributed by atoms with Crippen LogP contribution in [0.2, 0.25) is 0 Å². The zero-order chi connectivity index (χ0) is 21.1. The van der Waals surface area contributed by atoms with Gasteiger partial charge < -0.3 is 4.74 Å². The second-order valence-electron chi connectivity index (χ2n) is 5.77. The molecule has 11 nitrogen and oxygen atoms in total. The lowest BCUT2D eigenvalue weighted by Gasteiger charge is -2.30. The first kappa shape index (κ1) is 20.4. The Bertz CT molecular complexity index is 957. The summed E-state index contributed by atoms with van der Waals surface area (Å²) in [7, 11) is 1.11. The molecule has 0 aromatic heterocycles. The van der Waals surface area contributed by atoms with E-state index >= 15 is 0 Å². The van der Waals surface area contributed by atoms with Crippen molar-refractivity contribution in [1.29, 1.82) is 0 Å². The number of hydrogen-bond acceptors (Lipinski definition) is 8. The van der Waals surface area contributed by atoms with Crippen LogP contribution in [0.25, 0.3) is 0 Å². The summed E-state index contributed by atoms with van der Waals surface area (Å²) in [6.45, 7) is 1.59. The lowest BCUT2D eigenvalue weighted by atomic mass is 9.71. The minimum Gasteiger partial charge on any atom is -0.468 e. The summed E-state index contributed by atoms with van der Waals surface area (Å²) < 4.78 is 4.88. The number of non-ortho nitro benzene ring substituents is 2. The van der Waals surface area contributed by atoms with E-state index in [9.17, 15) is 35.1 Å². The first-order valence-corrected chi connectivity index (χ1v) is 7.95. The monoisotopic (exact) mass is 389 g/mol. The molecule has 0 saturated carbocycles. The molecule has 0 aliphatic rings. The van der Waals surface area contributed by atoms with Gasteiger partial charge in [0.15, 0.2) is 0 Å². The highest BCUT2D eigenvalue weighted by Crippen LogP contribution is 2.43.